The number of aromatic nitrogens is 2. The summed E-state index contributed by atoms with van der Waals surface area (Å²) in [7, 11) is 0. The smallest absolute Gasteiger partial charge is 0.414 e. The number of nitrogens with zero attached hydrogens (tertiary/aromatic N) is 2. The van der Waals surface area contributed by atoms with Crippen LogP contribution < -0.4 is 15.4 Å². The Morgan fingerprint density at radius 1 is 1.12 bits per heavy atom. The summed E-state index contributed by atoms with van der Waals surface area (Å²) >= 11 is 0. The number of aryl methyl sites for hydroxylation is 3. The monoisotopic (exact) mass is 456 g/mol. The largest absolute Gasteiger partial charge is 0.485 e. The zero-order valence-corrected chi connectivity index (χ0v) is 18.6. The maximum atomic E-state index is 9.10. The summed E-state index contributed by atoms with van der Waals surface area (Å²) in [4.78, 5) is 26.5. The van der Waals surface area contributed by atoms with Gasteiger partial charge in [-0.2, -0.15) is 0 Å². The molecule has 0 aliphatic carbocycles. The number of aliphatic carboxylic acids is 2. The molecule has 0 spiro atoms. The molecule has 0 bridgehead atoms. The van der Waals surface area contributed by atoms with Crippen molar-refractivity contribution in [2.75, 3.05) is 25.0 Å². The van der Waals surface area contributed by atoms with Crippen LogP contribution in [-0.4, -0.2) is 57.9 Å². The van der Waals surface area contributed by atoms with Gasteiger partial charge >= 0.3 is 11.9 Å². The number of carbonyl (C=O) groups is 2. The molecule has 1 aliphatic rings. The molecule has 33 heavy (non-hydrogen) atoms. The van der Waals surface area contributed by atoms with E-state index < -0.39 is 11.9 Å². The number of fused-ring (bicyclic) bond motifs is 3. The summed E-state index contributed by atoms with van der Waals surface area (Å²) in [6, 6.07) is 6.15. The summed E-state index contributed by atoms with van der Waals surface area (Å²) in [6.45, 7) is 6.73. The number of hydrogen-bond donors (Lipinski definition) is 4. The van der Waals surface area contributed by atoms with Crippen LogP contribution in [-0.2, 0) is 16.0 Å². The molecule has 0 fully saturated rings. The van der Waals surface area contributed by atoms with Gasteiger partial charge in [-0.3, -0.25) is 0 Å². The number of anilines is 1. The molecular formula is C23H28N4O6. The van der Waals surface area contributed by atoms with Crippen molar-refractivity contribution in [1.29, 1.82) is 0 Å². The molecule has 3 aromatic rings. The van der Waals surface area contributed by atoms with Crippen LogP contribution in [0, 0.1) is 13.8 Å². The van der Waals surface area contributed by atoms with E-state index in [1.807, 2.05) is 13.0 Å². The lowest BCUT2D eigenvalue weighted by molar-refractivity contribution is -0.159. The van der Waals surface area contributed by atoms with Crippen LogP contribution in [0.1, 0.15) is 29.7 Å². The summed E-state index contributed by atoms with van der Waals surface area (Å²) < 4.78 is 12.3. The van der Waals surface area contributed by atoms with Crippen molar-refractivity contribution in [3.8, 4) is 5.75 Å². The Bertz CT molecular complexity index is 1090. The molecular weight excluding hydrogens is 428 g/mol. The van der Waals surface area contributed by atoms with Gasteiger partial charge in [-0.1, -0.05) is 12.1 Å². The van der Waals surface area contributed by atoms with Gasteiger partial charge in [-0.05, 0) is 56.8 Å². The highest BCUT2D eigenvalue weighted by Gasteiger charge is 2.24. The van der Waals surface area contributed by atoms with Crippen molar-refractivity contribution in [3.05, 3.63) is 47.5 Å². The fourth-order valence-electron chi connectivity index (χ4n) is 3.50. The van der Waals surface area contributed by atoms with E-state index in [-0.39, 0.29) is 6.10 Å². The fourth-order valence-corrected chi connectivity index (χ4v) is 3.50. The number of carboxylic acid groups (broad SMARTS) is 2. The Balaban J connectivity index is 0.000000454. The molecule has 10 heteroatoms. The first kappa shape index (κ1) is 24.0. The van der Waals surface area contributed by atoms with Gasteiger partial charge in [0.1, 0.15) is 11.9 Å². The van der Waals surface area contributed by atoms with Crippen LogP contribution in [0.3, 0.4) is 0 Å². The fraction of sp³-hybridized carbons (Fsp3) is 0.391. The second kappa shape index (κ2) is 11.3. The summed E-state index contributed by atoms with van der Waals surface area (Å²) in [5.74, 6) is -1.07. The molecule has 0 saturated carbocycles. The molecule has 1 unspecified atom stereocenters. The van der Waals surface area contributed by atoms with Gasteiger partial charge in [0.05, 0.1) is 0 Å². The minimum absolute atomic E-state index is 0.180. The molecule has 0 amide bonds. The third-order valence-electron chi connectivity index (χ3n) is 5.34. The highest BCUT2D eigenvalue weighted by molar-refractivity contribution is 6.27. The molecule has 10 nitrogen and oxygen atoms in total. The Morgan fingerprint density at radius 2 is 1.85 bits per heavy atom. The lowest BCUT2D eigenvalue weighted by Crippen LogP contribution is -2.35. The maximum Gasteiger partial charge on any atom is 0.414 e. The van der Waals surface area contributed by atoms with E-state index in [0.29, 0.717) is 5.95 Å². The van der Waals surface area contributed by atoms with E-state index >= 15 is 0 Å². The number of nitrogens with one attached hydrogen (secondary N) is 2. The maximum absolute atomic E-state index is 9.10. The van der Waals surface area contributed by atoms with Crippen molar-refractivity contribution < 1.29 is 29.0 Å². The van der Waals surface area contributed by atoms with Crippen molar-refractivity contribution >= 4 is 28.9 Å². The van der Waals surface area contributed by atoms with E-state index in [1.165, 1.54) is 11.1 Å². The normalized spacial score (nSPS) is 14.5. The van der Waals surface area contributed by atoms with Crippen LogP contribution in [0.25, 0.3) is 11.0 Å². The highest BCUT2D eigenvalue weighted by atomic mass is 16.5. The molecule has 4 rings (SSSR count). The molecule has 2 aromatic heterocycles. The number of ether oxygens (including phenoxy) is 1. The molecule has 176 valence electrons. The zero-order valence-electron chi connectivity index (χ0n) is 18.6. The summed E-state index contributed by atoms with van der Waals surface area (Å²) in [5.41, 5.74) is 3.35. The van der Waals surface area contributed by atoms with E-state index in [1.54, 1.807) is 12.4 Å². The van der Waals surface area contributed by atoms with E-state index in [4.69, 9.17) is 29.0 Å². The van der Waals surface area contributed by atoms with Crippen molar-refractivity contribution in [2.45, 2.75) is 39.2 Å². The standard InChI is InChI=1S/C21H26N4O2.C2H2O4/c1-14-15(2)26-20-18(14)8-6-16-5-7-17(27-19(16)20)13-22-9-3-10-23-21-24-11-4-12-25-21;3-1(4)2(5)6/h4,6,8,11-12,17,22H,3,5,7,9-10,13H2,1-2H3,(H,23,24,25);(H,3,4)(H,5,6). The molecule has 0 radical (unpaired) electrons. The predicted molar refractivity (Wildman–Crippen MR) is 122 cm³/mol. The first-order valence-corrected chi connectivity index (χ1v) is 10.7. The lowest BCUT2D eigenvalue weighted by Gasteiger charge is -2.26. The lowest BCUT2D eigenvalue weighted by atomic mass is 10.00. The van der Waals surface area contributed by atoms with Crippen LogP contribution in [0.4, 0.5) is 5.95 Å². The molecule has 1 atom stereocenters. The number of rotatable bonds is 7. The van der Waals surface area contributed by atoms with Gasteiger partial charge in [0.2, 0.25) is 5.95 Å². The van der Waals surface area contributed by atoms with E-state index in [2.05, 4.69) is 39.7 Å². The zero-order chi connectivity index (χ0) is 23.8. The Hall–Kier alpha value is -3.66. The molecule has 0 saturated heterocycles. The van der Waals surface area contributed by atoms with Gasteiger partial charge in [-0.15, -0.1) is 0 Å². The molecule has 4 N–H and O–H groups in total. The van der Waals surface area contributed by atoms with Gasteiger partial charge in [0, 0.05) is 30.9 Å². The van der Waals surface area contributed by atoms with Gasteiger partial charge < -0.3 is 30.0 Å². The van der Waals surface area contributed by atoms with Crippen molar-refractivity contribution in [1.82, 2.24) is 15.3 Å². The second-order valence-electron chi connectivity index (χ2n) is 7.66. The molecule has 1 aromatic carbocycles. The van der Waals surface area contributed by atoms with Gasteiger partial charge in [0.25, 0.3) is 0 Å². The third-order valence-corrected chi connectivity index (χ3v) is 5.34. The van der Waals surface area contributed by atoms with Crippen LogP contribution in [0.15, 0.2) is 35.0 Å². The van der Waals surface area contributed by atoms with Crippen molar-refractivity contribution in [3.63, 3.8) is 0 Å². The SMILES string of the molecule is Cc1oc2c3c(ccc2c1C)CCC(CNCCCNc1ncccn1)O3.O=C(O)C(=O)O. The van der Waals surface area contributed by atoms with Crippen molar-refractivity contribution in [2.24, 2.45) is 0 Å². The quantitative estimate of drug-likeness (QED) is 0.309. The Labute approximate surface area is 191 Å². The number of hydrogen-bond acceptors (Lipinski definition) is 8. The van der Waals surface area contributed by atoms with Gasteiger partial charge in [-0.25, -0.2) is 19.6 Å². The number of benzene rings is 1. The minimum atomic E-state index is -1.82. The van der Waals surface area contributed by atoms with Crippen LogP contribution in [0.2, 0.25) is 0 Å². The van der Waals surface area contributed by atoms with Crippen LogP contribution >= 0.6 is 0 Å². The number of furan rings is 1. The molecule has 1 aliphatic heterocycles. The first-order chi connectivity index (χ1) is 15.9. The predicted octanol–water partition coefficient (Wildman–Crippen LogP) is 2.78. The topological polar surface area (TPSA) is 147 Å². The summed E-state index contributed by atoms with van der Waals surface area (Å²) in [5, 5.41) is 22.7. The first-order valence-electron chi connectivity index (χ1n) is 10.7. The Morgan fingerprint density at radius 3 is 2.55 bits per heavy atom. The molecule has 3 heterocycles. The minimum Gasteiger partial charge on any atom is -0.485 e. The van der Waals surface area contributed by atoms with Gasteiger partial charge in [0.15, 0.2) is 11.3 Å². The Kier molecular flexibility index (Phi) is 8.20. The number of carboxylic acids is 2. The average molecular weight is 456 g/mol. The van der Waals surface area contributed by atoms with Crippen LogP contribution in [0.5, 0.6) is 5.75 Å². The van der Waals surface area contributed by atoms with E-state index in [9.17, 15) is 0 Å². The van der Waals surface area contributed by atoms with E-state index in [0.717, 1.165) is 61.4 Å². The third kappa shape index (κ3) is 6.42. The summed E-state index contributed by atoms with van der Waals surface area (Å²) in [6.07, 6.45) is 6.72. The highest BCUT2D eigenvalue weighted by Crippen LogP contribution is 2.38. The second-order valence-corrected chi connectivity index (χ2v) is 7.66. The average Bonchev–Trinajstić information content (AvgIpc) is 3.11.